The molecular formula is C26H34N2O2S. The highest BCUT2D eigenvalue weighted by Gasteiger charge is 2.30. The predicted molar refractivity (Wildman–Crippen MR) is 128 cm³/mol. The molecule has 0 aliphatic heterocycles. The van der Waals surface area contributed by atoms with Gasteiger partial charge in [-0.05, 0) is 50.8 Å². The number of aryl methyl sites for hydroxylation is 2. The topological polar surface area (TPSA) is 49.4 Å². The lowest BCUT2D eigenvalue weighted by Gasteiger charge is -2.31. The molecule has 0 heterocycles. The summed E-state index contributed by atoms with van der Waals surface area (Å²) < 4.78 is 0. The lowest BCUT2D eigenvalue weighted by molar-refractivity contribution is -0.139. The van der Waals surface area contributed by atoms with Crippen LogP contribution in [0, 0.1) is 13.8 Å². The minimum absolute atomic E-state index is 0.000466. The molecule has 1 saturated carbocycles. The van der Waals surface area contributed by atoms with E-state index in [0.717, 1.165) is 28.9 Å². The van der Waals surface area contributed by atoms with Gasteiger partial charge in [-0.15, -0.1) is 11.8 Å². The second-order valence-corrected chi connectivity index (χ2v) is 9.58. The molecule has 0 radical (unpaired) electrons. The molecule has 166 valence electrons. The molecule has 5 heteroatoms. The van der Waals surface area contributed by atoms with Gasteiger partial charge in [-0.3, -0.25) is 9.59 Å². The highest BCUT2D eigenvalue weighted by molar-refractivity contribution is 8.00. The predicted octanol–water partition coefficient (Wildman–Crippen LogP) is 5.26. The quantitative estimate of drug-likeness (QED) is 0.543. The van der Waals surface area contributed by atoms with Gasteiger partial charge in [0.05, 0.1) is 5.75 Å². The van der Waals surface area contributed by atoms with E-state index in [4.69, 9.17) is 0 Å². The fraction of sp³-hybridized carbons (Fsp3) is 0.462. The average Bonchev–Trinajstić information content (AvgIpc) is 3.26. The minimum atomic E-state index is -0.452. The Labute approximate surface area is 190 Å². The van der Waals surface area contributed by atoms with Crippen molar-refractivity contribution in [3.8, 4) is 0 Å². The van der Waals surface area contributed by atoms with E-state index in [1.165, 1.54) is 30.2 Å². The molecule has 1 fully saturated rings. The van der Waals surface area contributed by atoms with Crippen molar-refractivity contribution in [3.05, 3.63) is 65.2 Å². The van der Waals surface area contributed by atoms with Crippen LogP contribution in [0.5, 0.6) is 0 Å². The zero-order valence-electron chi connectivity index (χ0n) is 18.9. The largest absolute Gasteiger partial charge is 0.352 e. The molecule has 1 aliphatic carbocycles. The number of amides is 2. The van der Waals surface area contributed by atoms with Gasteiger partial charge in [0.15, 0.2) is 0 Å². The lowest BCUT2D eigenvalue weighted by atomic mass is 10.1. The highest BCUT2D eigenvalue weighted by Crippen LogP contribution is 2.22. The third-order valence-electron chi connectivity index (χ3n) is 5.91. The first kappa shape index (κ1) is 23.4. The summed E-state index contributed by atoms with van der Waals surface area (Å²) in [6.07, 6.45) is 5.02. The van der Waals surface area contributed by atoms with Gasteiger partial charge in [-0.1, -0.05) is 67.3 Å². The van der Waals surface area contributed by atoms with E-state index in [1.54, 1.807) is 4.90 Å². The smallest absolute Gasteiger partial charge is 0.243 e. The Hall–Kier alpha value is -2.27. The summed E-state index contributed by atoms with van der Waals surface area (Å²) in [7, 11) is 0. The number of hydrogen-bond donors (Lipinski definition) is 1. The number of carbonyl (C=O) groups excluding carboxylic acids is 2. The van der Waals surface area contributed by atoms with Gasteiger partial charge in [-0.2, -0.15) is 0 Å². The monoisotopic (exact) mass is 438 g/mol. The van der Waals surface area contributed by atoms with Gasteiger partial charge < -0.3 is 10.2 Å². The van der Waals surface area contributed by atoms with Gasteiger partial charge >= 0.3 is 0 Å². The maximum absolute atomic E-state index is 13.3. The number of thioether (sulfide) groups is 1. The maximum Gasteiger partial charge on any atom is 0.243 e. The van der Waals surface area contributed by atoms with E-state index in [0.29, 0.717) is 18.7 Å². The van der Waals surface area contributed by atoms with Crippen LogP contribution in [0.25, 0.3) is 0 Å². The maximum atomic E-state index is 13.3. The summed E-state index contributed by atoms with van der Waals surface area (Å²) >= 11 is 1.53. The van der Waals surface area contributed by atoms with Crippen molar-refractivity contribution in [1.82, 2.24) is 10.2 Å². The second-order valence-electron chi connectivity index (χ2n) is 8.53. The summed E-state index contributed by atoms with van der Waals surface area (Å²) in [4.78, 5) is 29.3. The molecule has 1 atom stereocenters. The minimum Gasteiger partial charge on any atom is -0.352 e. The van der Waals surface area contributed by atoms with Crippen molar-refractivity contribution in [3.63, 3.8) is 0 Å². The molecule has 0 saturated heterocycles. The number of rotatable bonds is 9. The van der Waals surface area contributed by atoms with Crippen LogP contribution in [0.2, 0.25) is 0 Å². The molecule has 2 amide bonds. The van der Waals surface area contributed by atoms with Crippen LogP contribution >= 0.6 is 11.8 Å². The zero-order valence-corrected chi connectivity index (χ0v) is 19.7. The van der Waals surface area contributed by atoms with Crippen molar-refractivity contribution >= 4 is 23.6 Å². The molecule has 2 aromatic carbocycles. The SMILES string of the molecule is CC[C@@H](C(=O)NC1CCCC1)N(Cc1cccc(C)c1)C(=O)CSc1ccc(C)cc1. The third-order valence-corrected chi connectivity index (χ3v) is 6.90. The highest BCUT2D eigenvalue weighted by atomic mass is 32.2. The van der Waals surface area contributed by atoms with Gasteiger partial charge in [-0.25, -0.2) is 0 Å². The van der Waals surface area contributed by atoms with E-state index in [-0.39, 0.29) is 17.9 Å². The Morgan fingerprint density at radius 2 is 1.77 bits per heavy atom. The Morgan fingerprint density at radius 3 is 2.42 bits per heavy atom. The summed E-state index contributed by atoms with van der Waals surface area (Å²) in [5, 5.41) is 3.20. The van der Waals surface area contributed by atoms with Gasteiger partial charge in [0.1, 0.15) is 6.04 Å². The number of nitrogens with zero attached hydrogens (tertiary/aromatic N) is 1. The summed E-state index contributed by atoms with van der Waals surface area (Å²) in [5.41, 5.74) is 3.41. The Bertz CT molecular complexity index is 875. The van der Waals surface area contributed by atoms with E-state index in [9.17, 15) is 9.59 Å². The van der Waals surface area contributed by atoms with E-state index in [2.05, 4.69) is 30.4 Å². The van der Waals surface area contributed by atoms with Gasteiger partial charge in [0.2, 0.25) is 11.8 Å². The fourth-order valence-electron chi connectivity index (χ4n) is 4.16. The number of carbonyl (C=O) groups is 2. The van der Waals surface area contributed by atoms with E-state index in [1.807, 2.05) is 44.2 Å². The van der Waals surface area contributed by atoms with Crippen LogP contribution in [0.15, 0.2) is 53.4 Å². The van der Waals surface area contributed by atoms with Crippen molar-refractivity contribution in [2.24, 2.45) is 0 Å². The van der Waals surface area contributed by atoms with Crippen LogP contribution in [0.4, 0.5) is 0 Å². The molecule has 0 bridgehead atoms. The van der Waals surface area contributed by atoms with Crippen molar-refractivity contribution < 1.29 is 9.59 Å². The van der Waals surface area contributed by atoms with Crippen LogP contribution in [-0.2, 0) is 16.1 Å². The normalized spacial score (nSPS) is 14.9. The van der Waals surface area contributed by atoms with Crippen LogP contribution in [0.3, 0.4) is 0 Å². The van der Waals surface area contributed by atoms with Gasteiger partial charge in [0, 0.05) is 17.5 Å². The van der Waals surface area contributed by atoms with Gasteiger partial charge in [0.25, 0.3) is 0 Å². The molecule has 31 heavy (non-hydrogen) atoms. The van der Waals surface area contributed by atoms with Crippen LogP contribution in [-0.4, -0.2) is 34.6 Å². The Balaban J connectivity index is 1.75. The summed E-state index contributed by atoms with van der Waals surface area (Å²) in [5.74, 6) is 0.304. The number of benzene rings is 2. The molecule has 1 aliphatic rings. The number of nitrogens with one attached hydrogen (secondary N) is 1. The molecule has 4 nitrogen and oxygen atoms in total. The second kappa shape index (κ2) is 11.4. The van der Waals surface area contributed by atoms with Crippen molar-refractivity contribution in [2.45, 2.75) is 76.4 Å². The number of hydrogen-bond acceptors (Lipinski definition) is 3. The first-order valence-corrected chi connectivity index (χ1v) is 12.3. The lowest BCUT2D eigenvalue weighted by Crippen LogP contribution is -2.51. The fourth-order valence-corrected chi connectivity index (χ4v) is 4.94. The molecule has 3 rings (SSSR count). The molecule has 2 aromatic rings. The van der Waals surface area contributed by atoms with E-state index < -0.39 is 6.04 Å². The van der Waals surface area contributed by atoms with Crippen molar-refractivity contribution in [2.75, 3.05) is 5.75 Å². The Kier molecular flexibility index (Phi) is 8.59. The summed E-state index contributed by atoms with van der Waals surface area (Å²) in [6, 6.07) is 16.2. The molecule has 1 N–H and O–H groups in total. The third kappa shape index (κ3) is 6.86. The molecule has 0 aromatic heterocycles. The molecular weight excluding hydrogens is 404 g/mol. The summed E-state index contributed by atoms with van der Waals surface area (Å²) in [6.45, 7) is 6.54. The average molecular weight is 439 g/mol. The first-order chi connectivity index (χ1) is 15.0. The molecule has 0 unspecified atom stereocenters. The Morgan fingerprint density at radius 1 is 1.06 bits per heavy atom. The molecule has 0 spiro atoms. The van der Waals surface area contributed by atoms with E-state index >= 15 is 0 Å². The standard InChI is InChI=1S/C26H34N2O2S/c1-4-24(26(30)27-22-10-5-6-11-22)28(17-21-9-7-8-20(3)16-21)25(29)18-31-23-14-12-19(2)13-15-23/h7-9,12-16,22,24H,4-6,10-11,17-18H2,1-3H3,(H,27,30)/t24-/m0/s1. The zero-order chi connectivity index (χ0) is 22.2. The van der Waals surface area contributed by atoms with Crippen LogP contribution < -0.4 is 5.32 Å². The first-order valence-electron chi connectivity index (χ1n) is 11.3. The van der Waals surface area contributed by atoms with Crippen LogP contribution in [0.1, 0.15) is 55.7 Å². The van der Waals surface area contributed by atoms with Crippen molar-refractivity contribution in [1.29, 1.82) is 0 Å².